The van der Waals surface area contributed by atoms with Crippen LogP contribution in [-0.4, -0.2) is 14.7 Å². The van der Waals surface area contributed by atoms with Gasteiger partial charge in [0.15, 0.2) is 0 Å². The number of para-hydroxylation sites is 3. The van der Waals surface area contributed by atoms with Gasteiger partial charge in [0.25, 0.3) is 0 Å². The van der Waals surface area contributed by atoms with Crippen LogP contribution in [0.5, 0.6) is 17.2 Å². The highest BCUT2D eigenvalue weighted by Gasteiger charge is 2.33. The molecule has 0 fully saturated rings. The van der Waals surface area contributed by atoms with Crippen molar-refractivity contribution in [2.75, 3.05) is 0 Å². The zero-order valence-corrected chi connectivity index (χ0v) is 16.2. The van der Waals surface area contributed by atoms with E-state index in [2.05, 4.69) is 0 Å². The Labute approximate surface area is 161 Å². The topological polar surface area (TPSA) is 123 Å². The van der Waals surface area contributed by atoms with E-state index in [0.29, 0.717) is 17.2 Å². The first-order chi connectivity index (χ1) is 13.2. The van der Waals surface area contributed by atoms with Gasteiger partial charge >= 0.3 is 15.6 Å². The third-order valence-electron chi connectivity index (χ3n) is 2.88. The Hall–Kier alpha value is -2.60. The summed E-state index contributed by atoms with van der Waals surface area (Å²) in [5.74, 6) is 1.22. The highest BCUT2D eigenvalue weighted by Crippen LogP contribution is 2.49. The summed E-state index contributed by atoms with van der Waals surface area (Å²) in [5, 5.41) is 0. The van der Waals surface area contributed by atoms with Gasteiger partial charge in [0.1, 0.15) is 17.2 Å². The lowest BCUT2D eigenvalue weighted by Crippen LogP contribution is -2.07. The van der Waals surface area contributed by atoms with Crippen LogP contribution in [0, 0.1) is 0 Å². The largest absolute Gasteiger partial charge is 0.647 e. The predicted octanol–water partition coefficient (Wildman–Crippen LogP) is 4.40. The summed E-state index contributed by atoms with van der Waals surface area (Å²) in [6.07, 6.45) is 0. The van der Waals surface area contributed by atoms with E-state index in [1.54, 1.807) is 72.8 Å². The molecule has 8 nitrogen and oxygen atoms in total. The molecule has 0 atom stereocenters. The summed E-state index contributed by atoms with van der Waals surface area (Å²) in [6.45, 7) is 0. The molecule has 0 unspecified atom stereocenters. The molecule has 0 saturated heterocycles. The average molecular weight is 424 g/mol. The monoisotopic (exact) mass is 424 g/mol. The van der Waals surface area contributed by atoms with E-state index in [1.807, 2.05) is 18.2 Å². The fraction of sp³-hybridized carbons (Fsp3) is 0. The standard InChI is InChI=1S/C18H15O4P.H3O4P/c19-23(20-16-10-4-1-5-11-16,21-17-12-6-2-7-13-17)22-18-14-8-3-9-15-18;1-5(2,3)4/h1-15H;(H3,1,2,3,4). The lowest BCUT2D eigenvalue weighted by Gasteiger charge is -2.19. The minimum Gasteiger partial charge on any atom is -0.386 e. The third kappa shape index (κ3) is 8.86. The van der Waals surface area contributed by atoms with Gasteiger partial charge in [-0.1, -0.05) is 54.6 Å². The SMILES string of the molecule is O=P(O)(O)O.O=P(Oc1ccccc1)(Oc1ccccc1)Oc1ccccc1. The molecule has 3 N–H and O–H groups in total. The summed E-state index contributed by atoms with van der Waals surface area (Å²) < 4.78 is 38.5. The molecule has 0 radical (unpaired) electrons. The summed E-state index contributed by atoms with van der Waals surface area (Å²) >= 11 is 0. The minimum atomic E-state index is -4.64. The van der Waals surface area contributed by atoms with Crippen molar-refractivity contribution in [3.8, 4) is 17.2 Å². The van der Waals surface area contributed by atoms with Gasteiger partial charge in [-0.2, -0.15) is 4.57 Å². The minimum absolute atomic E-state index is 0.405. The lowest BCUT2D eigenvalue weighted by molar-refractivity contribution is 0.275. The van der Waals surface area contributed by atoms with Crippen LogP contribution in [0.15, 0.2) is 91.0 Å². The second-order valence-corrected chi connectivity index (χ2v) is 7.64. The van der Waals surface area contributed by atoms with Gasteiger partial charge in [-0.15, -0.1) is 0 Å². The zero-order chi connectivity index (χ0) is 20.5. The van der Waals surface area contributed by atoms with Crippen molar-refractivity contribution in [2.24, 2.45) is 0 Å². The van der Waals surface area contributed by atoms with E-state index in [1.165, 1.54) is 0 Å². The zero-order valence-electron chi connectivity index (χ0n) is 14.4. The predicted molar refractivity (Wildman–Crippen MR) is 103 cm³/mol. The van der Waals surface area contributed by atoms with Crippen LogP contribution in [0.1, 0.15) is 0 Å². The van der Waals surface area contributed by atoms with Gasteiger partial charge in [0, 0.05) is 0 Å². The van der Waals surface area contributed by atoms with Gasteiger partial charge < -0.3 is 28.3 Å². The van der Waals surface area contributed by atoms with E-state index in [0.717, 1.165) is 0 Å². The number of rotatable bonds is 6. The molecule has 148 valence electrons. The number of phosphoric ester groups is 1. The van der Waals surface area contributed by atoms with Crippen molar-refractivity contribution < 1.29 is 37.4 Å². The second kappa shape index (κ2) is 10.1. The van der Waals surface area contributed by atoms with Gasteiger partial charge in [-0.25, -0.2) is 4.57 Å². The molecule has 0 aliphatic rings. The number of hydrogen-bond acceptors (Lipinski definition) is 5. The van der Waals surface area contributed by atoms with Crippen LogP contribution in [0.25, 0.3) is 0 Å². The maximum Gasteiger partial charge on any atom is 0.647 e. The number of hydrogen-bond donors (Lipinski definition) is 3. The smallest absolute Gasteiger partial charge is 0.386 e. The molecule has 3 aromatic carbocycles. The van der Waals surface area contributed by atoms with E-state index in [4.69, 9.17) is 32.8 Å². The maximum absolute atomic E-state index is 13.1. The Morgan fingerprint density at radius 2 is 0.714 bits per heavy atom. The Bertz CT molecular complexity index is 813. The van der Waals surface area contributed by atoms with Crippen molar-refractivity contribution in [1.29, 1.82) is 0 Å². The number of phosphoric acid groups is 2. The van der Waals surface area contributed by atoms with Gasteiger partial charge in [-0.05, 0) is 36.4 Å². The van der Waals surface area contributed by atoms with Crippen LogP contribution in [0.3, 0.4) is 0 Å². The molecular weight excluding hydrogens is 406 g/mol. The molecule has 0 heterocycles. The quantitative estimate of drug-likeness (QED) is 0.498. The molecule has 0 spiro atoms. The molecule has 0 amide bonds. The van der Waals surface area contributed by atoms with E-state index in [9.17, 15) is 4.57 Å². The van der Waals surface area contributed by atoms with Crippen LogP contribution >= 0.6 is 15.6 Å². The van der Waals surface area contributed by atoms with Crippen molar-refractivity contribution in [3.05, 3.63) is 91.0 Å². The van der Waals surface area contributed by atoms with E-state index in [-0.39, 0.29) is 0 Å². The first-order valence-electron chi connectivity index (χ1n) is 7.86. The first kappa shape index (κ1) is 21.7. The maximum atomic E-state index is 13.1. The fourth-order valence-corrected chi connectivity index (χ4v) is 3.14. The molecule has 0 bridgehead atoms. The van der Waals surface area contributed by atoms with Gasteiger partial charge in [-0.3, -0.25) is 0 Å². The molecule has 3 rings (SSSR count). The van der Waals surface area contributed by atoms with E-state index < -0.39 is 15.6 Å². The van der Waals surface area contributed by atoms with Crippen molar-refractivity contribution in [2.45, 2.75) is 0 Å². The summed E-state index contributed by atoms with van der Waals surface area (Å²) in [4.78, 5) is 21.6. The van der Waals surface area contributed by atoms with Crippen molar-refractivity contribution >= 4 is 15.6 Å². The highest BCUT2D eigenvalue weighted by atomic mass is 31.2. The molecule has 0 aromatic heterocycles. The number of benzene rings is 3. The molecule has 10 heteroatoms. The first-order valence-corrected chi connectivity index (χ1v) is 10.9. The molecule has 0 aliphatic carbocycles. The average Bonchev–Trinajstić information content (AvgIpc) is 2.62. The summed E-state index contributed by atoms with van der Waals surface area (Å²) in [6, 6.07) is 26.4. The Morgan fingerprint density at radius 3 is 0.929 bits per heavy atom. The van der Waals surface area contributed by atoms with Crippen LogP contribution in [0.2, 0.25) is 0 Å². The Kier molecular flexibility index (Phi) is 7.81. The third-order valence-corrected chi connectivity index (χ3v) is 4.18. The van der Waals surface area contributed by atoms with E-state index >= 15 is 0 Å². The molecular formula is C18H18O8P2. The second-order valence-electron chi connectivity index (χ2n) is 5.17. The van der Waals surface area contributed by atoms with Crippen molar-refractivity contribution in [1.82, 2.24) is 0 Å². The lowest BCUT2D eigenvalue weighted by atomic mass is 10.3. The van der Waals surface area contributed by atoms with Gasteiger partial charge in [0.2, 0.25) is 0 Å². The highest BCUT2D eigenvalue weighted by molar-refractivity contribution is 7.49. The molecule has 0 saturated carbocycles. The Balaban J connectivity index is 0.000000500. The van der Waals surface area contributed by atoms with Crippen LogP contribution < -0.4 is 13.6 Å². The summed E-state index contributed by atoms with van der Waals surface area (Å²) in [5.41, 5.74) is 0. The van der Waals surface area contributed by atoms with Crippen molar-refractivity contribution in [3.63, 3.8) is 0 Å². The summed E-state index contributed by atoms with van der Waals surface area (Å²) in [7, 11) is -8.52. The molecule has 28 heavy (non-hydrogen) atoms. The van der Waals surface area contributed by atoms with Crippen LogP contribution in [-0.2, 0) is 9.13 Å². The van der Waals surface area contributed by atoms with Gasteiger partial charge in [0.05, 0.1) is 0 Å². The Morgan fingerprint density at radius 1 is 0.500 bits per heavy atom. The fourth-order valence-electron chi connectivity index (χ4n) is 1.89. The normalized spacial score (nSPS) is 11.0. The van der Waals surface area contributed by atoms with Crippen LogP contribution in [0.4, 0.5) is 0 Å². The molecule has 0 aliphatic heterocycles. The molecule has 3 aromatic rings.